The fourth-order valence-corrected chi connectivity index (χ4v) is 3.12. The second kappa shape index (κ2) is 8.62. The predicted molar refractivity (Wildman–Crippen MR) is 100 cm³/mol. The Morgan fingerprint density at radius 3 is 2.27 bits per heavy atom. The van der Waals surface area contributed by atoms with Crippen molar-refractivity contribution in [2.24, 2.45) is 5.92 Å². The summed E-state index contributed by atoms with van der Waals surface area (Å²) in [6, 6.07) is 9.63. The summed E-state index contributed by atoms with van der Waals surface area (Å²) < 4.78 is 0. The number of thiophene rings is 1. The van der Waals surface area contributed by atoms with Crippen LogP contribution in [0.5, 0.6) is 0 Å². The first-order valence-electron chi connectivity index (χ1n) is 8.25. The minimum atomic E-state index is -0.988. The topological polar surface area (TPSA) is 95.5 Å². The lowest BCUT2D eigenvalue weighted by Gasteiger charge is -2.21. The van der Waals surface area contributed by atoms with Crippen molar-refractivity contribution in [3.05, 3.63) is 57.3 Å². The maximum absolute atomic E-state index is 12.5. The summed E-state index contributed by atoms with van der Waals surface area (Å²) in [5.41, 5.74) is 1.55. The molecular weight excluding hydrogens is 352 g/mol. The van der Waals surface area contributed by atoms with Crippen LogP contribution < -0.4 is 10.6 Å². The number of aromatic carboxylic acids is 1. The molecule has 7 heteroatoms. The molecule has 0 aliphatic rings. The predicted octanol–water partition coefficient (Wildman–Crippen LogP) is 2.83. The van der Waals surface area contributed by atoms with Gasteiger partial charge in [-0.3, -0.25) is 9.59 Å². The first-order valence-corrected chi connectivity index (χ1v) is 9.07. The van der Waals surface area contributed by atoms with Gasteiger partial charge in [-0.05, 0) is 37.1 Å². The fourth-order valence-electron chi connectivity index (χ4n) is 2.34. The van der Waals surface area contributed by atoms with Crippen LogP contribution in [0.4, 0.5) is 0 Å². The number of amides is 2. The van der Waals surface area contributed by atoms with Crippen molar-refractivity contribution in [3.8, 4) is 0 Å². The van der Waals surface area contributed by atoms with Crippen LogP contribution in [-0.4, -0.2) is 28.9 Å². The molecule has 1 aromatic carbocycles. The fraction of sp³-hybridized carbons (Fsp3) is 0.316. The zero-order valence-corrected chi connectivity index (χ0v) is 15.7. The van der Waals surface area contributed by atoms with Crippen LogP contribution >= 0.6 is 11.3 Å². The van der Waals surface area contributed by atoms with Gasteiger partial charge in [-0.2, -0.15) is 0 Å². The molecule has 6 nitrogen and oxygen atoms in total. The highest BCUT2D eigenvalue weighted by atomic mass is 32.1. The summed E-state index contributed by atoms with van der Waals surface area (Å²) in [7, 11) is 0. The van der Waals surface area contributed by atoms with Gasteiger partial charge in [0.1, 0.15) is 10.9 Å². The molecule has 3 N–H and O–H groups in total. The van der Waals surface area contributed by atoms with Crippen molar-refractivity contribution in [1.82, 2.24) is 10.6 Å². The standard InChI is InChI=1S/C19H22N2O4S/c1-11(2)16(21-17(22)13-6-4-12(3)5-7-13)18(23)20-10-14-8-9-15(26-14)19(24)25/h4-9,11,16H,10H2,1-3H3,(H,20,23)(H,21,22)(H,24,25). The number of nitrogens with one attached hydrogen (secondary N) is 2. The zero-order valence-electron chi connectivity index (χ0n) is 14.9. The lowest BCUT2D eigenvalue weighted by atomic mass is 10.0. The van der Waals surface area contributed by atoms with Gasteiger partial charge in [-0.25, -0.2) is 4.79 Å². The van der Waals surface area contributed by atoms with E-state index >= 15 is 0 Å². The van der Waals surface area contributed by atoms with E-state index in [-0.39, 0.29) is 29.2 Å². The molecule has 0 aliphatic heterocycles. The average molecular weight is 374 g/mol. The van der Waals surface area contributed by atoms with Crippen molar-refractivity contribution in [2.45, 2.75) is 33.4 Å². The number of hydrogen-bond acceptors (Lipinski definition) is 4. The summed E-state index contributed by atoms with van der Waals surface area (Å²) in [5.74, 6) is -1.69. The summed E-state index contributed by atoms with van der Waals surface area (Å²) in [5, 5.41) is 14.5. The normalized spacial score (nSPS) is 11.8. The molecule has 138 valence electrons. The van der Waals surface area contributed by atoms with Crippen LogP contribution in [0, 0.1) is 12.8 Å². The van der Waals surface area contributed by atoms with Crippen molar-refractivity contribution < 1.29 is 19.5 Å². The maximum Gasteiger partial charge on any atom is 0.345 e. The Balaban J connectivity index is 1.98. The molecule has 0 radical (unpaired) electrons. The molecule has 1 atom stereocenters. The molecule has 2 amide bonds. The number of carbonyl (C=O) groups is 3. The van der Waals surface area contributed by atoms with Crippen LogP contribution in [0.1, 0.15) is 44.3 Å². The molecule has 0 fully saturated rings. The van der Waals surface area contributed by atoms with Crippen LogP contribution in [0.15, 0.2) is 36.4 Å². The SMILES string of the molecule is Cc1ccc(C(=O)NC(C(=O)NCc2ccc(C(=O)O)s2)C(C)C)cc1. The van der Waals surface area contributed by atoms with Crippen LogP contribution in [-0.2, 0) is 11.3 Å². The van der Waals surface area contributed by atoms with Gasteiger partial charge in [0.2, 0.25) is 5.91 Å². The summed E-state index contributed by atoms with van der Waals surface area (Å²) in [6.45, 7) is 5.87. The minimum absolute atomic E-state index is 0.0951. The smallest absolute Gasteiger partial charge is 0.345 e. The first-order chi connectivity index (χ1) is 12.3. The van der Waals surface area contributed by atoms with E-state index in [0.29, 0.717) is 5.56 Å². The Bertz CT molecular complexity index is 796. The van der Waals surface area contributed by atoms with E-state index in [2.05, 4.69) is 10.6 Å². The monoisotopic (exact) mass is 374 g/mol. The van der Waals surface area contributed by atoms with E-state index < -0.39 is 12.0 Å². The van der Waals surface area contributed by atoms with Gasteiger partial charge in [-0.15, -0.1) is 11.3 Å². The van der Waals surface area contributed by atoms with E-state index in [1.54, 1.807) is 18.2 Å². The van der Waals surface area contributed by atoms with Crippen LogP contribution in [0.3, 0.4) is 0 Å². The quantitative estimate of drug-likeness (QED) is 0.694. The third kappa shape index (κ3) is 5.16. The molecule has 26 heavy (non-hydrogen) atoms. The molecule has 1 heterocycles. The average Bonchev–Trinajstić information content (AvgIpc) is 3.07. The van der Waals surface area contributed by atoms with Gasteiger partial charge in [0.25, 0.3) is 5.91 Å². The van der Waals surface area contributed by atoms with Gasteiger partial charge in [0, 0.05) is 10.4 Å². The second-order valence-corrected chi connectivity index (χ2v) is 7.52. The Hall–Kier alpha value is -2.67. The van der Waals surface area contributed by atoms with E-state index in [4.69, 9.17) is 5.11 Å². The molecule has 1 aromatic heterocycles. The molecule has 0 spiro atoms. The number of carboxylic acids is 1. The van der Waals surface area contributed by atoms with Crippen molar-refractivity contribution in [1.29, 1.82) is 0 Å². The van der Waals surface area contributed by atoms with Crippen LogP contribution in [0.25, 0.3) is 0 Å². The molecule has 0 aliphatic carbocycles. The zero-order chi connectivity index (χ0) is 19.3. The van der Waals surface area contributed by atoms with E-state index in [0.717, 1.165) is 21.8 Å². The second-order valence-electron chi connectivity index (χ2n) is 6.35. The Labute approximate surface area is 156 Å². The molecule has 1 unspecified atom stereocenters. The molecule has 0 saturated carbocycles. The molecule has 0 bridgehead atoms. The number of aryl methyl sites for hydroxylation is 1. The highest BCUT2D eigenvalue weighted by Crippen LogP contribution is 2.16. The number of rotatable bonds is 7. The number of benzene rings is 1. The van der Waals surface area contributed by atoms with E-state index in [1.165, 1.54) is 6.07 Å². The third-order valence-corrected chi connectivity index (χ3v) is 4.93. The highest BCUT2D eigenvalue weighted by molar-refractivity contribution is 7.13. The van der Waals surface area contributed by atoms with Crippen LogP contribution in [0.2, 0.25) is 0 Å². The lowest BCUT2D eigenvalue weighted by Crippen LogP contribution is -2.49. The van der Waals surface area contributed by atoms with Gasteiger partial charge in [0.05, 0.1) is 6.54 Å². The summed E-state index contributed by atoms with van der Waals surface area (Å²) >= 11 is 1.11. The maximum atomic E-state index is 12.5. The first kappa shape index (κ1) is 19.7. The third-order valence-electron chi connectivity index (χ3n) is 3.86. The molecule has 0 saturated heterocycles. The van der Waals surface area contributed by atoms with Gasteiger partial charge in [-0.1, -0.05) is 31.5 Å². The lowest BCUT2D eigenvalue weighted by molar-refractivity contribution is -0.124. The van der Waals surface area contributed by atoms with Crippen molar-refractivity contribution in [3.63, 3.8) is 0 Å². The summed E-state index contributed by atoms with van der Waals surface area (Å²) in [4.78, 5) is 36.7. The van der Waals surface area contributed by atoms with Gasteiger partial charge in [0.15, 0.2) is 0 Å². The minimum Gasteiger partial charge on any atom is -0.477 e. The largest absolute Gasteiger partial charge is 0.477 e. The van der Waals surface area contributed by atoms with Crippen molar-refractivity contribution >= 4 is 29.1 Å². The molecule has 2 aromatic rings. The van der Waals surface area contributed by atoms with Gasteiger partial charge < -0.3 is 15.7 Å². The Kier molecular flexibility index (Phi) is 6.52. The summed E-state index contributed by atoms with van der Waals surface area (Å²) in [6.07, 6.45) is 0. The van der Waals surface area contributed by atoms with Gasteiger partial charge >= 0.3 is 5.97 Å². The molecular formula is C19H22N2O4S. The van der Waals surface area contributed by atoms with Crippen molar-refractivity contribution in [2.75, 3.05) is 0 Å². The Morgan fingerprint density at radius 2 is 1.73 bits per heavy atom. The number of carboxylic acid groups (broad SMARTS) is 1. The van der Waals surface area contributed by atoms with E-state index in [9.17, 15) is 14.4 Å². The number of carbonyl (C=O) groups excluding carboxylic acids is 2. The number of hydrogen-bond donors (Lipinski definition) is 3. The molecule has 2 rings (SSSR count). The Morgan fingerprint density at radius 1 is 1.08 bits per heavy atom. The van der Waals surface area contributed by atoms with E-state index in [1.807, 2.05) is 32.9 Å². The highest BCUT2D eigenvalue weighted by Gasteiger charge is 2.24.